The lowest BCUT2D eigenvalue weighted by molar-refractivity contribution is 0.0660. The zero-order valence-electron chi connectivity index (χ0n) is 7.13. The Morgan fingerprint density at radius 3 is 1.91 bits per heavy atom. The van der Waals surface area contributed by atoms with Crippen LogP contribution in [0.3, 0.4) is 0 Å². The van der Waals surface area contributed by atoms with Crippen LogP contribution in [-0.2, 0) is 0 Å². The van der Waals surface area contributed by atoms with Crippen molar-refractivity contribution in [2.75, 3.05) is 0 Å². The highest BCUT2D eigenvalue weighted by molar-refractivity contribution is 4.86. The molecule has 11 heavy (non-hydrogen) atoms. The van der Waals surface area contributed by atoms with Gasteiger partial charge in [0.05, 0.1) is 6.10 Å². The monoisotopic (exact) mass is 154 g/mol. The molecule has 1 atom stereocenters. The maximum Gasteiger partial charge on any atom is 0.0596 e. The fourth-order valence-corrected chi connectivity index (χ4v) is 2.30. The number of hydrogen-bond acceptors (Lipinski definition) is 1. The summed E-state index contributed by atoms with van der Waals surface area (Å²) in [6.07, 6.45) is 9.33. The maximum absolute atomic E-state index is 9.81. The van der Waals surface area contributed by atoms with Gasteiger partial charge in [-0.1, -0.05) is 19.3 Å². The fraction of sp³-hybridized carbons (Fsp3) is 1.00. The van der Waals surface area contributed by atoms with Crippen LogP contribution in [0, 0.1) is 11.8 Å². The zero-order valence-corrected chi connectivity index (χ0v) is 7.13. The number of rotatable bonds is 2. The van der Waals surface area contributed by atoms with Gasteiger partial charge >= 0.3 is 0 Å². The Balaban J connectivity index is 1.81. The van der Waals surface area contributed by atoms with Crippen molar-refractivity contribution in [3.05, 3.63) is 0 Å². The summed E-state index contributed by atoms with van der Waals surface area (Å²) in [5.74, 6) is 1.36. The molecule has 2 rings (SSSR count). The van der Waals surface area contributed by atoms with Crippen molar-refractivity contribution in [3.8, 4) is 0 Å². The van der Waals surface area contributed by atoms with E-state index in [-0.39, 0.29) is 6.10 Å². The van der Waals surface area contributed by atoms with Crippen LogP contribution in [0.4, 0.5) is 0 Å². The van der Waals surface area contributed by atoms with Crippen LogP contribution in [0.15, 0.2) is 0 Å². The lowest BCUT2D eigenvalue weighted by Crippen LogP contribution is -2.24. The SMILES string of the molecule is O[C@@H](C1CCCCC1)C1CC1. The average molecular weight is 154 g/mol. The van der Waals surface area contributed by atoms with E-state index in [0.717, 1.165) is 0 Å². The Bertz CT molecular complexity index is 123. The third kappa shape index (κ3) is 1.76. The van der Waals surface area contributed by atoms with Gasteiger partial charge in [0, 0.05) is 0 Å². The average Bonchev–Trinajstić information content (AvgIpc) is 2.87. The van der Waals surface area contributed by atoms with Crippen LogP contribution < -0.4 is 0 Å². The number of aliphatic hydroxyl groups is 1. The fourth-order valence-electron chi connectivity index (χ4n) is 2.30. The van der Waals surface area contributed by atoms with E-state index < -0.39 is 0 Å². The highest BCUT2D eigenvalue weighted by atomic mass is 16.3. The lowest BCUT2D eigenvalue weighted by atomic mass is 9.84. The van der Waals surface area contributed by atoms with Crippen LogP contribution in [0.1, 0.15) is 44.9 Å². The summed E-state index contributed by atoms with van der Waals surface area (Å²) in [5, 5.41) is 9.81. The number of hydrogen-bond donors (Lipinski definition) is 1. The zero-order chi connectivity index (χ0) is 7.68. The molecule has 1 N–H and O–H groups in total. The standard InChI is InChI=1S/C10H18O/c11-10(9-6-7-9)8-4-2-1-3-5-8/h8-11H,1-7H2/t10-/m0/s1. The molecule has 0 amide bonds. The van der Waals surface area contributed by atoms with E-state index in [1.807, 2.05) is 0 Å². The molecule has 0 aromatic carbocycles. The Morgan fingerprint density at radius 2 is 1.36 bits per heavy atom. The summed E-state index contributed by atoms with van der Waals surface area (Å²) in [6.45, 7) is 0. The summed E-state index contributed by atoms with van der Waals surface area (Å²) < 4.78 is 0. The third-order valence-corrected chi connectivity index (χ3v) is 3.24. The topological polar surface area (TPSA) is 20.2 Å². The predicted molar refractivity (Wildman–Crippen MR) is 45.3 cm³/mol. The van der Waals surface area contributed by atoms with Gasteiger partial charge in [-0.3, -0.25) is 0 Å². The molecule has 0 bridgehead atoms. The second-order valence-corrected chi connectivity index (χ2v) is 4.23. The summed E-state index contributed by atoms with van der Waals surface area (Å²) in [6, 6.07) is 0. The summed E-state index contributed by atoms with van der Waals surface area (Å²) in [7, 11) is 0. The first-order valence-corrected chi connectivity index (χ1v) is 5.06. The van der Waals surface area contributed by atoms with Gasteiger partial charge in [-0.15, -0.1) is 0 Å². The number of aliphatic hydroxyl groups excluding tert-OH is 1. The Kier molecular flexibility index (Phi) is 2.17. The van der Waals surface area contributed by atoms with Gasteiger partial charge in [-0.05, 0) is 37.5 Å². The molecule has 2 aliphatic carbocycles. The molecular formula is C10H18O. The molecule has 2 saturated carbocycles. The van der Waals surface area contributed by atoms with Gasteiger partial charge < -0.3 is 5.11 Å². The minimum Gasteiger partial charge on any atom is -0.393 e. The highest BCUT2D eigenvalue weighted by Gasteiger charge is 2.35. The summed E-state index contributed by atoms with van der Waals surface area (Å²) in [4.78, 5) is 0. The molecule has 1 nitrogen and oxygen atoms in total. The van der Waals surface area contributed by atoms with Crippen LogP contribution in [0.5, 0.6) is 0 Å². The molecule has 0 aromatic rings. The van der Waals surface area contributed by atoms with Crippen molar-refractivity contribution in [1.82, 2.24) is 0 Å². The van der Waals surface area contributed by atoms with Gasteiger partial charge in [0.1, 0.15) is 0 Å². The quantitative estimate of drug-likeness (QED) is 0.647. The smallest absolute Gasteiger partial charge is 0.0596 e. The van der Waals surface area contributed by atoms with E-state index in [2.05, 4.69) is 0 Å². The maximum atomic E-state index is 9.81. The van der Waals surface area contributed by atoms with Crippen molar-refractivity contribution in [2.45, 2.75) is 51.0 Å². The van der Waals surface area contributed by atoms with Crippen molar-refractivity contribution in [2.24, 2.45) is 11.8 Å². The van der Waals surface area contributed by atoms with E-state index in [0.29, 0.717) is 11.8 Å². The van der Waals surface area contributed by atoms with E-state index in [4.69, 9.17) is 0 Å². The Morgan fingerprint density at radius 1 is 0.818 bits per heavy atom. The van der Waals surface area contributed by atoms with Crippen molar-refractivity contribution in [3.63, 3.8) is 0 Å². The minimum atomic E-state index is 0.0651. The molecule has 1 heteroatoms. The van der Waals surface area contributed by atoms with E-state index >= 15 is 0 Å². The first-order chi connectivity index (χ1) is 5.38. The molecule has 0 saturated heterocycles. The first-order valence-electron chi connectivity index (χ1n) is 5.06. The lowest BCUT2D eigenvalue weighted by Gasteiger charge is -2.26. The van der Waals surface area contributed by atoms with E-state index in [9.17, 15) is 5.11 Å². The predicted octanol–water partition coefficient (Wildman–Crippen LogP) is 2.34. The molecule has 0 aromatic heterocycles. The van der Waals surface area contributed by atoms with Gasteiger partial charge in [0.15, 0.2) is 0 Å². The Hall–Kier alpha value is -0.0400. The molecule has 0 spiro atoms. The third-order valence-electron chi connectivity index (χ3n) is 3.24. The highest BCUT2D eigenvalue weighted by Crippen LogP contribution is 2.40. The van der Waals surface area contributed by atoms with Crippen molar-refractivity contribution < 1.29 is 5.11 Å². The molecule has 0 heterocycles. The van der Waals surface area contributed by atoms with E-state index in [1.165, 1.54) is 44.9 Å². The molecule has 64 valence electrons. The minimum absolute atomic E-state index is 0.0651. The van der Waals surface area contributed by atoms with Gasteiger partial charge in [-0.2, -0.15) is 0 Å². The molecule has 2 fully saturated rings. The summed E-state index contributed by atoms with van der Waals surface area (Å²) in [5.41, 5.74) is 0. The van der Waals surface area contributed by atoms with Gasteiger partial charge in [0.25, 0.3) is 0 Å². The molecule has 2 aliphatic rings. The van der Waals surface area contributed by atoms with E-state index in [1.54, 1.807) is 0 Å². The largest absolute Gasteiger partial charge is 0.393 e. The Labute approximate surface area is 68.8 Å². The second kappa shape index (κ2) is 3.14. The van der Waals surface area contributed by atoms with Gasteiger partial charge in [0.2, 0.25) is 0 Å². The van der Waals surface area contributed by atoms with Crippen LogP contribution in [0.2, 0.25) is 0 Å². The van der Waals surface area contributed by atoms with Crippen molar-refractivity contribution in [1.29, 1.82) is 0 Å². The van der Waals surface area contributed by atoms with Crippen LogP contribution in [-0.4, -0.2) is 11.2 Å². The molecular weight excluding hydrogens is 136 g/mol. The van der Waals surface area contributed by atoms with Gasteiger partial charge in [-0.25, -0.2) is 0 Å². The first kappa shape index (κ1) is 7.60. The molecule has 0 aliphatic heterocycles. The molecule has 0 unspecified atom stereocenters. The summed E-state index contributed by atoms with van der Waals surface area (Å²) >= 11 is 0. The normalized spacial score (nSPS) is 30.3. The second-order valence-electron chi connectivity index (χ2n) is 4.23. The van der Waals surface area contributed by atoms with Crippen LogP contribution in [0.25, 0.3) is 0 Å². The van der Waals surface area contributed by atoms with Crippen LogP contribution >= 0.6 is 0 Å². The molecule has 0 radical (unpaired) electrons. The van der Waals surface area contributed by atoms with Crippen molar-refractivity contribution >= 4 is 0 Å².